The number of carboxylic acids is 1. The quantitative estimate of drug-likeness (QED) is 0.874. The highest BCUT2D eigenvalue weighted by atomic mass is 16.5. The molecule has 6 nitrogen and oxygen atoms in total. The summed E-state index contributed by atoms with van der Waals surface area (Å²) in [6, 6.07) is 12.5. The summed E-state index contributed by atoms with van der Waals surface area (Å²) >= 11 is 0. The molecule has 2 heterocycles. The van der Waals surface area contributed by atoms with Gasteiger partial charge in [0.1, 0.15) is 5.75 Å². The lowest BCUT2D eigenvalue weighted by Crippen LogP contribution is -2.35. The number of benzene rings is 2. The standard InChI is InChI=1S/C22H24N2O4/c25-21(23-11-2-1-3-12-23)17-7-10-19-20(15-17)28-14-4-13-24(19)18-8-5-16(6-9-18)22(26)27/h5-10,15H,1-4,11-14H2,(H,26,27). The van der Waals surface area contributed by atoms with Crippen LogP contribution in [0.2, 0.25) is 0 Å². The number of hydrogen-bond acceptors (Lipinski definition) is 4. The SMILES string of the molecule is O=C(O)c1ccc(N2CCCOc3cc(C(=O)N4CCCCC4)ccc32)cc1. The molecule has 1 amide bonds. The number of carbonyl (C=O) groups excluding carboxylic acids is 1. The molecule has 0 spiro atoms. The van der Waals surface area contributed by atoms with Crippen LogP contribution in [0.15, 0.2) is 42.5 Å². The highest BCUT2D eigenvalue weighted by Crippen LogP contribution is 2.37. The molecule has 0 aromatic heterocycles. The van der Waals surface area contributed by atoms with Crippen molar-refractivity contribution in [1.29, 1.82) is 0 Å². The fourth-order valence-electron chi connectivity index (χ4n) is 3.84. The number of nitrogens with zero attached hydrogens (tertiary/aromatic N) is 2. The molecular formula is C22H24N2O4. The van der Waals surface area contributed by atoms with Gasteiger partial charge in [0, 0.05) is 30.9 Å². The van der Waals surface area contributed by atoms with Gasteiger partial charge in [-0.15, -0.1) is 0 Å². The van der Waals surface area contributed by atoms with Gasteiger partial charge in [0.05, 0.1) is 17.9 Å². The molecule has 6 heteroatoms. The minimum Gasteiger partial charge on any atom is -0.491 e. The molecule has 0 bridgehead atoms. The zero-order valence-electron chi connectivity index (χ0n) is 15.8. The van der Waals surface area contributed by atoms with Gasteiger partial charge in [-0.2, -0.15) is 0 Å². The molecule has 0 aliphatic carbocycles. The van der Waals surface area contributed by atoms with Gasteiger partial charge < -0.3 is 19.6 Å². The second-order valence-corrected chi connectivity index (χ2v) is 7.24. The number of anilines is 2. The summed E-state index contributed by atoms with van der Waals surface area (Å²) in [7, 11) is 0. The van der Waals surface area contributed by atoms with Gasteiger partial charge in [0.15, 0.2) is 0 Å². The van der Waals surface area contributed by atoms with Gasteiger partial charge >= 0.3 is 5.97 Å². The molecule has 1 fully saturated rings. The van der Waals surface area contributed by atoms with Crippen LogP contribution < -0.4 is 9.64 Å². The van der Waals surface area contributed by atoms with Crippen LogP contribution in [0.3, 0.4) is 0 Å². The average Bonchev–Trinajstić information content (AvgIpc) is 2.96. The van der Waals surface area contributed by atoms with Crippen molar-refractivity contribution in [2.45, 2.75) is 25.7 Å². The Morgan fingerprint density at radius 1 is 0.857 bits per heavy atom. The molecule has 0 atom stereocenters. The van der Waals surface area contributed by atoms with E-state index in [2.05, 4.69) is 4.90 Å². The fourth-order valence-corrected chi connectivity index (χ4v) is 3.84. The van der Waals surface area contributed by atoms with Gasteiger partial charge in [-0.1, -0.05) is 0 Å². The molecule has 1 saturated heterocycles. The monoisotopic (exact) mass is 380 g/mol. The van der Waals surface area contributed by atoms with Crippen molar-refractivity contribution in [2.75, 3.05) is 31.1 Å². The van der Waals surface area contributed by atoms with Crippen molar-refractivity contribution in [3.05, 3.63) is 53.6 Å². The first-order valence-corrected chi connectivity index (χ1v) is 9.80. The van der Waals surface area contributed by atoms with Crippen LogP contribution in [0, 0.1) is 0 Å². The normalized spacial score (nSPS) is 16.7. The van der Waals surface area contributed by atoms with E-state index in [0.717, 1.165) is 50.3 Å². The second-order valence-electron chi connectivity index (χ2n) is 7.24. The Kier molecular flexibility index (Phi) is 5.19. The number of fused-ring (bicyclic) bond motifs is 1. The summed E-state index contributed by atoms with van der Waals surface area (Å²) in [5.74, 6) is -0.178. The zero-order chi connectivity index (χ0) is 19.5. The van der Waals surface area contributed by atoms with Gasteiger partial charge in [0.25, 0.3) is 5.91 Å². The summed E-state index contributed by atoms with van der Waals surface area (Å²) in [6.45, 7) is 2.98. The number of carboxylic acid groups (broad SMARTS) is 1. The number of rotatable bonds is 3. The smallest absolute Gasteiger partial charge is 0.335 e. The number of amides is 1. The Morgan fingerprint density at radius 3 is 2.29 bits per heavy atom. The van der Waals surface area contributed by atoms with Crippen molar-refractivity contribution in [3.8, 4) is 5.75 Å². The Bertz CT molecular complexity index is 873. The van der Waals surface area contributed by atoms with Crippen LogP contribution in [-0.4, -0.2) is 48.1 Å². The lowest BCUT2D eigenvalue weighted by atomic mass is 10.1. The van der Waals surface area contributed by atoms with Crippen molar-refractivity contribution < 1.29 is 19.4 Å². The maximum atomic E-state index is 12.8. The first-order valence-electron chi connectivity index (χ1n) is 9.80. The van der Waals surface area contributed by atoms with Crippen LogP contribution >= 0.6 is 0 Å². The summed E-state index contributed by atoms with van der Waals surface area (Å²) in [4.78, 5) is 28.0. The number of likely N-dealkylation sites (tertiary alicyclic amines) is 1. The molecular weight excluding hydrogens is 356 g/mol. The fraction of sp³-hybridized carbons (Fsp3) is 0.364. The molecule has 0 unspecified atom stereocenters. The summed E-state index contributed by atoms with van der Waals surface area (Å²) in [5.41, 5.74) is 2.73. The first-order chi connectivity index (χ1) is 13.6. The number of hydrogen-bond donors (Lipinski definition) is 1. The molecule has 2 aromatic carbocycles. The third-order valence-corrected chi connectivity index (χ3v) is 5.35. The van der Waals surface area contributed by atoms with Crippen LogP contribution in [0.25, 0.3) is 0 Å². The average molecular weight is 380 g/mol. The van der Waals surface area contributed by atoms with E-state index in [1.807, 2.05) is 35.2 Å². The van der Waals surface area contributed by atoms with E-state index in [4.69, 9.17) is 9.84 Å². The van der Waals surface area contributed by atoms with Crippen LogP contribution in [0.4, 0.5) is 11.4 Å². The topological polar surface area (TPSA) is 70.1 Å². The maximum Gasteiger partial charge on any atom is 0.335 e. The number of carbonyl (C=O) groups is 2. The zero-order valence-corrected chi connectivity index (χ0v) is 15.8. The molecule has 2 aliphatic heterocycles. The molecule has 1 N–H and O–H groups in total. The van der Waals surface area contributed by atoms with Gasteiger partial charge in [-0.25, -0.2) is 4.79 Å². The van der Waals surface area contributed by atoms with Crippen molar-refractivity contribution in [2.24, 2.45) is 0 Å². The number of piperidine rings is 1. The summed E-state index contributed by atoms with van der Waals surface area (Å²) in [6.07, 6.45) is 4.15. The molecule has 28 heavy (non-hydrogen) atoms. The lowest BCUT2D eigenvalue weighted by molar-refractivity contribution is 0.0694. The van der Waals surface area contributed by atoms with Gasteiger partial charge in [-0.05, 0) is 68.1 Å². The van der Waals surface area contributed by atoms with E-state index in [9.17, 15) is 9.59 Å². The van der Waals surface area contributed by atoms with E-state index in [1.165, 1.54) is 6.42 Å². The van der Waals surface area contributed by atoms with Crippen molar-refractivity contribution >= 4 is 23.3 Å². The van der Waals surface area contributed by atoms with Crippen LogP contribution in [-0.2, 0) is 0 Å². The Balaban J connectivity index is 1.63. The third kappa shape index (κ3) is 3.67. The summed E-state index contributed by atoms with van der Waals surface area (Å²) in [5, 5.41) is 9.11. The molecule has 2 aromatic rings. The third-order valence-electron chi connectivity index (χ3n) is 5.35. The van der Waals surface area contributed by atoms with E-state index < -0.39 is 5.97 Å². The predicted molar refractivity (Wildman–Crippen MR) is 107 cm³/mol. The second kappa shape index (κ2) is 7.92. The molecule has 4 rings (SSSR count). The minimum absolute atomic E-state index is 0.0627. The van der Waals surface area contributed by atoms with Crippen molar-refractivity contribution in [1.82, 2.24) is 4.90 Å². The van der Waals surface area contributed by atoms with Gasteiger partial charge in [-0.3, -0.25) is 4.79 Å². The van der Waals surface area contributed by atoms with Gasteiger partial charge in [0.2, 0.25) is 0 Å². The highest BCUT2D eigenvalue weighted by Gasteiger charge is 2.23. The summed E-state index contributed by atoms with van der Waals surface area (Å²) < 4.78 is 5.93. The number of ether oxygens (including phenoxy) is 1. The van der Waals surface area contributed by atoms with E-state index >= 15 is 0 Å². The first kappa shape index (κ1) is 18.3. The largest absolute Gasteiger partial charge is 0.491 e. The molecule has 146 valence electrons. The minimum atomic E-state index is -0.938. The van der Waals surface area contributed by atoms with E-state index in [1.54, 1.807) is 12.1 Å². The predicted octanol–water partition coefficient (Wildman–Crippen LogP) is 3.93. The van der Waals surface area contributed by atoms with Crippen molar-refractivity contribution in [3.63, 3.8) is 0 Å². The Hall–Kier alpha value is -3.02. The highest BCUT2D eigenvalue weighted by molar-refractivity contribution is 5.95. The van der Waals surface area contributed by atoms with E-state index in [0.29, 0.717) is 17.9 Å². The number of aromatic carboxylic acids is 1. The van der Waals surface area contributed by atoms with E-state index in [-0.39, 0.29) is 11.5 Å². The lowest BCUT2D eigenvalue weighted by Gasteiger charge is -2.28. The molecule has 0 radical (unpaired) electrons. The van der Waals surface area contributed by atoms with Crippen LogP contribution in [0.5, 0.6) is 5.75 Å². The Labute approximate surface area is 164 Å². The van der Waals surface area contributed by atoms with Crippen LogP contribution in [0.1, 0.15) is 46.4 Å². The Morgan fingerprint density at radius 2 is 1.57 bits per heavy atom. The molecule has 0 saturated carbocycles. The maximum absolute atomic E-state index is 12.8. The molecule has 2 aliphatic rings.